The predicted octanol–water partition coefficient (Wildman–Crippen LogP) is 2.69. The monoisotopic (exact) mass is 316 g/mol. The van der Waals surface area contributed by atoms with Crippen molar-refractivity contribution < 1.29 is 12.8 Å². The van der Waals surface area contributed by atoms with E-state index in [1.165, 1.54) is 10.4 Å². The molecule has 1 unspecified atom stereocenters. The fraction of sp³-hybridized carbons (Fsp3) is 0.733. The average Bonchev–Trinajstić information content (AvgIpc) is 2.87. The summed E-state index contributed by atoms with van der Waals surface area (Å²) in [7, 11) is -1.93. The second kappa shape index (κ2) is 7.96. The molecular formula is C15H28N2O3S. The van der Waals surface area contributed by atoms with Crippen LogP contribution in [-0.2, 0) is 16.6 Å². The molecule has 1 heterocycles. The molecule has 1 N–H and O–H groups in total. The van der Waals surface area contributed by atoms with Crippen LogP contribution in [-0.4, -0.2) is 32.9 Å². The lowest BCUT2D eigenvalue weighted by atomic mass is 10.1. The van der Waals surface area contributed by atoms with Crippen molar-refractivity contribution in [1.29, 1.82) is 0 Å². The van der Waals surface area contributed by atoms with Crippen LogP contribution in [0.4, 0.5) is 0 Å². The number of hydrogen-bond acceptors (Lipinski definition) is 4. The average molecular weight is 316 g/mol. The largest absolute Gasteiger partial charge is 0.447 e. The van der Waals surface area contributed by atoms with Crippen LogP contribution in [0.1, 0.15) is 39.9 Å². The fourth-order valence-corrected chi connectivity index (χ4v) is 3.11. The zero-order valence-electron chi connectivity index (χ0n) is 13.7. The van der Waals surface area contributed by atoms with E-state index in [4.69, 9.17) is 4.42 Å². The topological polar surface area (TPSA) is 62.6 Å². The van der Waals surface area contributed by atoms with Crippen LogP contribution in [0.5, 0.6) is 0 Å². The second-order valence-electron chi connectivity index (χ2n) is 6.04. The minimum absolute atomic E-state index is 0.0228. The molecule has 0 aliphatic heterocycles. The Labute approximate surface area is 128 Å². The molecule has 0 radical (unpaired) electrons. The van der Waals surface area contributed by atoms with Crippen LogP contribution in [0.15, 0.2) is 21.6 Å². The minimum atomic E-state index is -3.53. The Morgan fingerprint density at radius 3 is 2.52 bits per heavy atom. The van der Waals surface area contributed by atoms with Crippen LogP contribution >= 0.6 is 0 Å². The van der Waals surface area contributed by atoms with Crippen molar-refractivity contribution in [1.82, 2.24) is 9.62 Å². The zero-order chi connectivity index (χ0) is 16.0. The van der Waals surface area contributed by atoms with Crippen LogP contribution in [0, 0.1) is 11.8 Å². The molecule has 1 rings (SSSR count). The van der Waals surface area contributed by atoms with Crippen molar-refractivity contribution in [3.05, 3.63) is 17.9 Å². The van der Waals surface area contributed by atoms with Gasteiger partial charge in [0, 0.05) is 13.6 Å². The third-order valence-electron chi connectivity index (χ3n) is 3.42. The van der Waals surface area contributed by atoms with Crippen LogP contribution in [0.25, 0.3) is 0 Å². The van der Waals surface area contributed by atoms with Gasteiger partial charge in [-0.05, 0) is 30.5 Å². The molecule has 0 bridgehead atoms. The van der Waals surface area contributed by atoms with Gasteiger partial charge in [-0.15, -0.1) is 0 Å². The molecule has 1 aromatic heterocycles. The van der Waals surface area contributed by atoms with Crippen LogP contribution in [0.3, 0.4) is 0 Å². The molecule has 0 aliphatic rings. The van der Waals surface area contributed by atoms with Crippen LogP contribution in [0.2, 0.25) is 0 Å². The van der Waals surface area contributed by atoms with E-state index in [1.54, 1.807) is 13.1 Å². The number of nitrogens with zero attached hydrogens (tertiary/aromatic N) is 1. The van der Waals surface area contributed by atoms with Gasteiger partial charge in [0.25, 0.3) is 10.0 Å². The fourth-order valence-electron chi connectivity index (χ4n) is 1.90. The van der Waals surface area contributed by atoms with Gasteiger partial charge in [-0.2, -0.15) is 4.31 Å². The Morgan fingerprint density at radius 2 is 1.95 bits per heavy atom. The number of nitrogens with one attached hydrogen (secondary N) is 1. The third kappa shape index (κ3) is 5.45. The maximum atomic E-state index is 12.4. The Kier molecular flexibility index (Phi) is 6.90. The molecule has 0 saturated carbocycles. The van der Waals surface area contributed by atoms with Gasteiger partial charge in [0.2, 0.25) is 5.09 Å². The van der Waals surface area contributed by atoms with E-state index in [-0.39, 0.29) is 5.09 Å². The highest BCUT2D eigenvalue weighted by molar-refractivity contribution is 7.89. The summed E-state index contributed by atoms with van der Waals surface area (Å²) in [6, 6.07) is 3.26. The summed E-state index contributed by atoms with van der Waals surface area (Å²) in [5.74, 6) is 1.52. The number of furan rings is 1. The van der Waals surface area contributed by atoms with Crippen LogP contribution < -0.4 is 5.32 Å². The highest BCUT2D eigenvalue weighted by Crippen LogP contribution is 2.19. The molecule has 0 spiro atoms. The molecule has 1 aromatic rings. The first-order valence-corrected chi connectivity index (χ1v) is 8.97. The molecule has 6 heteroatoms. The summed E-state index contributed by atoms with van der Waals surface area (Å²) in [4.78, 5) is 0. The van der Waals surface area contributed by atoms with Gasteiger partial charge >= 0.3 is 0 Å². The van der Waals surface area contributed by atoms with Gasteiger partial charge in [0.15, 0.2) is 0 Å². The van der Waals surface area contributed by atoms with E-state index in [0.29, 0.717) is 30.7 Å². The van der Waals surface area contributed by atoms with Gasteiger partial charge in [0.05, 0.1) is 6.54 Å². The maximum Gasteiger partial charge on any atom is 0.276 e. The Hall–Kier alpha value is -0.850. The number of sulfonamides is 1. The van der Waals surface area contributed by atoms with Crippen molar-refractivity contribution in [3.8, 4) is 0 Å². The molecule has 0 saturated heterocycles. The second-order valence-corrected chi connectivity index (χ2v) is 8.02. The standard InChI is InChI=1S/C15H28N2O3S/c1-6-13(4)11-17(5)21(18,19)15-8-7-14(20-15)10-16-9-12(2)3/h7-8,12-13,16H,6,9-11H2,1-5H3. The smallest absolute Gasteiger partial charge is 0.276 e. The van der Waals surface area contributed by atoms with Gasteiger partial charge < -0.3 is 9.73 Å². The van der Waals surface area contributed by atoms with Gasteiger partial charge in [-0.1, -0.05) is 34.1 Å². The van der Waals surface area contributed by atoms with Gasteiger partial charge in [-0.25, -0.2) is 8.42 Å². The Balaban J connectivity index is 2.69. The summed E-state index contributed by atoms with van der Waals surface area (Å²) in [5, 5.41) is 3.26. The van der Waals surface area contributed by atoms with Crippen molar-refractivity contribution >= 4 is 10.0 Å². The van der Waals surface area contributed by atoms with Gasteiger partial charge in [0.1, 0.15) is 5.76 Å². The van der Waals surface area contributed by atoms with Crippen molar-refractivity contribution in [3.63, 3.8) is 0 Å². The van der Waals surface area contributed by atoms with Crippen molar-refractivity contribution in [2.45, 2.75) is 45.8 Å². The Morgan fingerprint density at radius 1 is 1.29 bits per heavy atom. The summed E-state index contributed by atoms with van der Waals surface area (Å²) >= 11 is 0. The minimum Gasteiger partial charge on any atom is -0.447 e. The van der Waals surface area contributed by atoms with E-state index in [1.807, 2.05) is 6.92 Å². The zero-order valence-corrected chi connectivity index (χ0v) is 14.5. The van der Waals surface area contributed by atoms with E-state index >= 15 is 0 Å². The SMILES string of the molecule is CCC(C)CN(C)S(=O)(=O)c1ccc(CNCC(C)C)o1. The van der Waals surface area contributed by atoms with E-state index in [9.17, 15) is 8.42 Å². The molecule has 0 fully saturated rings. The molecular weight excluding hydrogens is 288 g/mol. The van der Waals surface area contributed by atoms with Crippen molar-refractivity contribution in [2.75, 3.05) is 20.1 Å². The first-order chi connectivity index (χ1) is 9.77. The molecule has 1 atom stereocenters. The quantitative estimate of drug-likeness (QED) is 0.761. The lowest BCUT2D eigenvalue weighted by Gasteiger charge is -2.18. The first-order valence-electron chi connectivity index (χ1n) is 7.53. The number of hydrogen-bond donors (Lipinski definition) is 1. The lowest BCUT2D eigenvalue weighted by molar-refractivity contribution is 0.357. The number of rotatable bonds is 9. The summed E-state index contributed by atoms with van der Waals surface area (Å²) in [6.45, 7) is 10.2. The normalized spacial score (nSPS) is 14.0. The Bertz CT molecular complexity index is 523. The molecule has 21 heavy (non-hydrogen) atoms. The first kappa shape index (κ1) is 18.2. The molecule has 122 valence electrons. The molecule has 5 nitrogen and oxygen atoms in total. The highest BCUT2D eigenvalue weighted by atomic mass is 32.2. The van der Waals surface area contributed by atoms with Gasteiger partial charge in [-0.3, -0.25) is 0 Å². The molecule has 0 aromatic carbocycles. The summed E-state index contributed by atoms with van der Waals surface area (Å²) < 4.78 is 31.6. The van der Waals surface area contributed by atoms with E-state index < -0.39 is 10.0 Å². The lowest BCUT2D eigenvalue weighted by Crippen LogP contribution is -2.30. The highest BCUT2D eigenvalue weighted by Gasteiger charge is 2.25. The van der Waals surface area contributed by atoms with Crippen molar-refractivity contribution in [2.24, 2.45) is 11.8 Å². The maximum absolute atomic E-state index is 12.4. The summed E-state index contributed by atoms with van der Waals surface area (Å²) in [6.07, 6.45) is 0.947. The summed E-state index contributed by atoms with van der Waals surface area (Å²) in [5.41, 5.74) is 0. The van der Waals surface area contributed by atoms with E-state index in [2.05, 4.69) is 26.1 Å². The molecule has 0 aliphatic carbocycles. The molecule has 0 amide bonds. The predicted molar refractivity (Wildman–Crippen MR) is 84.5 cm³/mol. The van der Waals surface area contributed by atoms with E-state index in [0.717, 1.165) is 13.0 Å². The third-order valence-corrected chi connectivity index (χ3v) is 5.12.